The van der Waals surface area contributed by atoms with Gasteiger partial charge in [0, 0.05) is 13.0 Å². The lowest BCUT2D eigenvalue weighted by Crippen LogP contribution is -2.25. The number of rotatable bonds is 11. The molecule has 0 saturated heterocycles. The van der Waals surface area contributed by atoms with Crippen LogP contribution >= 0.6 is 0 Å². The van der Waals surface area contributed by atoms with Gasteiger partial charge in [0.2, 0.25) is 0 Å². The van der Waals surface area contributed by atoms with Crippen molar-refractivity contribution in [1.29, 1.82) is 0 Å². The average molecular weight is 386 g/mol. The molecule has 0 fully saturated rings. The number of ether oxygens (including phenoxy) is 3. The van der Waals surface area contributed by atoms with Gasteiger partial charge in [-0.05, 0) is 36.1 Å². The summed E-state index contributed by atoms with van der Waals surface area (Å²) in [4.78, 5) is 22.1. The molecule has 2 aromatic carbocycles. The molecule has 7 nitrogen and oxygen atoms in total. The number of alkyl carbamates (subject to hydrolysis) is 1. The number of primary amides is 1. The Hall–Kier alpha value is -3.22. The fourth-order valence-electron chi connectivity index (χ4n) is 2.40. The van der Waals surface area contributed by atoms with Crippen molar-refractivity contribution < 1.29 is 23.8 Å². The fraction of sp³-hybridized carbons (Fsp3) is 0.333. The summed E-state index contributed by atoms with van der Waals surface area (Å²) in [5, 5.41) is 2.73. The molecule has 2 amide bonds. The molecule has 2 rings (SSSR count). The Morgan fingerprint density at radius 2 is 1.61 bits per heavy atom. The Morgan fingerprint density at radius 1 is 0.857 bits per heavy atom. The number of amides is 2. The highest BCUT2D eigenvalue weighted by molar-refractivity contribution is 5.67. The van der Waals surface area contributed by atoms with Crippen LogP contribution in [-0.2, 0) is 22.5 Å². The van der Waals surface area contributed by atoms with Gasteiger partial charge in [-0.3, -0.25) is 0 Å². The zero-order valence-electron chi connectivity index (χ0n) is 15.8. The average Bonchev–Trinajstić information content (AvgIpc) is 2.70. The first-order valence-corrected chi connectivity index (χ1v) is 9.22. The summed E-state index contributed by atoms with van der Waals surface area (Å²) in [5.74, 6) is 0.773. The van der Waals surface area contributed by atoms with Crippen LogP contribution in [0.25, 0.3) is 0 Å². The Morgan fingerprint density at radius 3 is 2.32 bits per heavy atom. The second kappa shape index (κ2) is 12.2. The quantitative estimate of drug-likeness (QED) is 0.577. The number of hydrogen-bond donors (Lipinski definition) is 2. The number of nitrogens with one attached hydrogen (secondary N) is 1. The molecule has 3 N–H and O–H groups in total. The van der Waals surface area contributed by atoms with E-state index in [1.54, 1.807) is 0 Å². The highest BCUT2D eigenvalue weighted by Gasteiger charge is 2.02. The van der Waals surface area contributed by atoms with Crippen molar-refractivity contribution in [2.45, 2.75) is 25.9 Å². The third kappa shape index (κ3) is 8.93. The molecule has 150 valence electrons. The van der Waals surface area contributed by atoms with E-state index >= 15 is 0 Å². The maximum atomic E-state index is 11.6. The van der Waals surface area contributed by atoms with E-state index in [1.807, 2.05) is 54.6 Å². The molecule has 0 atom stereocenters. The molecule has 0 aliphatic carbocycles. The lowest BCUT2D eigenvalue weighted by molar-refractivity contribution is 0.139. The Bertz CT molecular complexity index is 719. The van der Waals surface area contributed by atoms with E-state index in [0.29, 0.717) is 19.6 Å². The number of carbonyl (C=O) groups is 2. The van der Waals surface area contributed by atoms with E-state index < -0.39 is 12.2 Å². The summed E-state index contributed by atoms with van der Waals surface area (Å²) in [7, 11) is 0. The lowest BCUT2D eigenvalue weighted by Gasteiger charge is -2.09. The molecule has 28 heavy (non-hydrogen) atoms. The van der Waals surface area contributed by atoms with Crippen LogP contribution in [-0.4, -0.2) is 31.9 Å². The largest absolute Gasteiger partial charge is 0.494 e. The van der Waals surface area contributed by atoms with E-state index in [1.165, 1.54) is 0 Å². The lowest BCUT2D eigenvalue weighted by atomic mass is 10.1. The van der Waals surface area contributed by atoms with E-state index in [-0.39, 0.29) is 13.2 Å². The summed E-state index contributed by atoms with van der Waals surface area (Å²) < 4.78 is 15.5. The second-order valence-corrected chi connectivity index (χ2v) is 6.11. The molecule has 0 radical (unpaired) electrons. The van der Waals surface area contributed by atoms with Crippen molar-refractivity contribution in [3.05, 3.63) is 65.7 Å². The maximum absolute atomic E-state index is 11.6. The van der Waals surface area contributed by atoms with Crippen LogP contribution in [0, 0.1) is 0 Å². The van der Waals surface area contributed by atoms with Crippen LogP contribution in [0.4, 0.5) is 9.59 Å². The molecule has 0 bridgehead atoms. The van der Waals surface area contributed by atoms with E-state index in [2.05, 4.69) is 5.32 Å². The summed E-state index contributed by atoms with van der Waals surface area (Å²) in [6, 6.07) is 17.1. The third-order valence-corrected chi connectivity index (χ3v) is 3.88. The molecular formula is C21H26N2O5. The number of hydrogen-bond acceptors (Lipinski definition) is 5. The van der Waals surface area contributed by atoms with E-state index in [0.717, 1.165) is 29.7 Å². The summed E-state index contributed by atoms with van der Waals surface area (Å²) >= 11 is 0. The van der Waals surface area contributed by atoms with Gasteiger partial charge in [0.25, 0.3) is 0 Å². The van der Waals surface area contributed by atoms with Gasteiger partial charge in [0.15, 0.2) is 0 Å². The third-order valence-electron chi connectivity index (χ3n) is 3.88. The molecular weight excluding hydrogens is 360 g/mol. The second-order valence-electron chi connectivity index (χ2n) is 6.11. The van der Waals surface area contributed by atoms with Gasteiger partial charge in [-0.15, -0.1) is 0 Å². The van der Waals surface area contributed by atoms with Gasteiger partial charge in [-0.1, -0.05) is 42.5 Å². The maximum Gasteiger partial charge on any atom is 0.407 e. The monoisotopic (exact) mass is 386 g/mol. The van der Waals surface area contributed by atoms with Crippen molar-refractivity contribution in [3.8, 4) is 5.75 Å². The molecule has 7 heteroatoms. The van der Waals surface area contributed by atoms with Crippen LogP contribution in [0.1, 0.15) is 24.0 Å². The van der Waals surface area contributed by atoms with Crippen LogP contribution < -0.4 is 15.8 Å². The minimum Gasteiger partial charge on any atom is -0.494 e. The zero-order valence-corrected chi connectivity index (χ0v) is 15.8. The molecule has 0 aliphatic rings. The molecule has 0 saturated carbocycles. The zero-order chi connectivity index (χ0) is 20.0. The Kier molecular flexibility index (Phi) is 9.20. The van der Waals surface area contributed by atoms with Crippen LogP contribution in [0.5, 0.6) is 5.75 Å². The van der Waals surface area contributed by atoms with Crippen molar-refractivity contribution in [3.63, 3.8) is 0 Å². The van der Waals surface area contributed by atoms with Gasteiger partial charge in [-0.2, -0.15) is 0 Å². The van der Waals surface area contributed by atoms with Crippen LogP contribution in [0.3, 0.4) is 0 Å². The van der Waals surface area contributed by atoms with Gasteiger partial charge in [0.1, 0.15) is 12.4 Å². The Labute approximate surface area is 164 Å². The predicted molar refractivity (Wildman–Crippen MR) is 105 cm³/mol. The van der Waals surface area contributed by atoms with E-state index in [4.69, 9.17) is 19.9 Å². The van der Waals surface area contributed by atoms with Gasteiger partial charge in [-0.25, -0.2) is 9.59 Å². The normalized spacial score (nSPS) is 10.1. The number of carbonyl (C=O) groups excluding carboxylic acids is 2. The fourth-order valence-corrected chi connectivity index (χ4v) is 2.40. The number of benzene rings is 2. The summed E-state index contributed by atoms with van der Waals surface area (Å²) in [6.07, 6.45) is 1.03. The highest BCUT2D eigenvalue weighted by Crippen LogP contribution is 2.13. The summed E-state index contributed by atoms with van der Waals surface area (Å²) in [6.45, 7) is 1.62. The smallest absolute Gasteiger partial charge is 0.407 e. The van der Waals surface area contributed by atoms with Crippen molar-refractivity contribution in [2.24, 2.45) is 5.73 Å². The molecule has 0 aliphatic heterocycles. The predicted octanol–water partition coefficient (Wildman–Crippen LogP) is 3.41. The van der Waals surface area contributed by atoms with Gasteiger partial charge >= 0.3 is 12.2 Å². The standard InChI is InChI=1S/C21H26N2O5/c22-20(24)27-15-12-17-8-10-19(11-9-17)26-14-5-4-13-23-21(25)28-16-18-6-2-1-3-7-18/h1-3,6-11H,4-5,12-16H2,(H2,22,24)(H,23,25). The minimum atomic E-state index is -0.765. The topological polar surface area (TPSA) is 99.9 Å². The van der Waals surface area contributed by atoms with Crippen LogP contribution in [0.2, 0.25) is 0 Å². The number of nitrogens with two attached hydrogens (primary N) is 1. The van der Waals surface area contributed by atoms with Crippen molar-refractivity contribution in [2.75, 3.05) is 19.8 Å². The molecule has 2 aromatic rings. The van der Waals surface area contributed by atoms with E-state index in [9.17, 15) is 9.59 Å². The molecule has 0 heterocycles. The molecule has 0 unspecified atom stereocenters. The number of unbranched alkanes of at least 4 members (excludes halogenated alkanes) is 1. The van der Waals surface area contributed by atoms with Gasteiger partial charge in [0.05, 0.1) is 13.2 Å². The van der Waals surface area contributed by atoms with Crippen molar-refractivity contribution >= 4 is 12.2 Å². The first kappa shape index (κ1) is 21.1. The first-order valence-electron chi connectivity index (χ1n) is 9.22. The SMILES string of the molecule is NC(=O)OCCc1ccc(OCCCCNC(=O)OCc2ccccc2)cc1. The first-order chi connectivity index (χ1) is 13.6. The molecule has 0 spiro atoms. The highest BCUT2D eigenvalue weighted by atomic mass is 16.5. The Balaban J connectivity index is 1.50. The summed E-state index contributed by atoms with van der Waals surface area (Å²) in [5.41, 5.74) is 6.90. The van der Waals surface area contributed by atoms with Crippen LogP contribution in [0.15, 0.2) is 54.6 Å². The van der Waals surface area contributed by atoms with Crippen molar-refractivity contribution in [1.82, 2.24) is 5.32 Å². The molecule has 0 aromatic heterocycles. The minimum absolute atomic E-state index is 0.260. The van der Waals surface area contributed by atoms with Gasteiger partial charge < -0.3 is 25.3 Å².